The number of carbonyl (C=O) groups is 1. The van der Waals surface area contributed by atoms with Gasteiger partial charge in [-0.15, -0.1) is 0 Å². The maximum atomic E-state index is 12.8. The Morgan fingerprint density at radius 3 is 1.33 bits per heavy atom. The SMILES string of the molecule is CCCCC/C=C\C/C=C\C/C=C\CCCCCCCCCOCC(COP(=O)(O)OCC[N+](C)(C)C)OC(=O)CCCCCCCC/C=C\C/C=C\C/C=C\CCCCCCC. The standard InChI is InChI=1S/C54H98NO7P/c1-6-8-10-12-14-16-18-20-22-24-26-28-29-31-33-35-37-39-41-43-45-47-54(56)62-53(52-61-63(57,58)60-50-48-55(3,4)5)51-59-49-46-44-42-40-38-36-34-32-30-27-25-23-21-19-17-15-13-11-9-7-2/h15,17-18,20-21,23-24,26-27,29-31,53H,6-14,16,19,22,25,28,32-52H2,1-5H3/p+1/b17-15-,20-18-,23-21-,26-24-,30-27-,31-29-. The maximum absolute atomic E-state index is 12.8. The lowest BCUT2D eigenvalue weighted by atomic mass is 10.1. The summed E-state index contributed by atoms with van der Waals surface area (Å²) in [7, 11) is 1.64. The van der Waals surface area contributed by atoms with Crippen molar-refractivity contribution in [2.24, 2.45) is 0 Å². The van der Waals surface area contributed by atoms with E-state index >= 15 is 0 Å². The average Bonchev–Trinajstić information content (AvgIpc) is 3.24. The quantitative estimate of drug-likeness (QED) is 0.0214. The lowest BCUT2D eigenvalue weighted by Crippen LogP contribution is -2.37. The molecule has 63 heavy (non-hydrogen) atoms. The number of nitrogens with zero attached hydrogens (tertiary/aromatic N) is 1. The molecule has 0 spiro atoms. The molecule has 9 heteroatoms. The highest BCUT2D eigenvalue weighted by molar-refractivity contribution is 7.47. The third-order valence-electron chi connectivity index (χ3n) is 10.7. The molecule has 0 aromatic heterocycles. The lowest BCUT2D eigenvalue weighted by Gasteiger charge is -2.24. The van der Waals surface area contributed by atoms with Gasteiger partial charge in [-0.05, 0) is 89.9 Å². The van der Waals surface area contributed by atoms with Crippen molar-refractivity contribution in [2.45, 2.75) is 213 Å². The molecular formula is C54H99NO7P+. The summed E-state index contributed by atoms with van der Waals surface area (Å²) in [4.78, 5) is 23.0. The first-order valence-electron chi connectivity index (χ1n) is 25.7. The van der Waals surface area contributed by atoms with Crippen molar-refractivity contribution in [3.63, 3.8) is 0 Å². The highest BCUT2D eigenvalue weighted by Crippen LogP contribution is 2.43. The smallest absolute Gasteiger partial charge is 0.457 e. The number of likely N-dealkylation sites (N-methyl/N-ethyl adjacent to an activating group) is 1. The Morgan fingerprint density at radius 1 is 0.492 bits per heavy atom. The van der Waals surface area contributed by atoms with E-state index in [1.54, 1.807) is 0 Å². The number of allylic oxidation sites excluding steroid dienone is 12. The lowest BCUT2D eigenvalue weighted by molar-refractivity contribution is -0.870. The first-order valence-corrected chi connectivity index (χ1v) is 27.2. The second kappa shape index (κ2) is 46.5. The normalized spacial score (nSPS) is 14.2. The van der Waals surface area contributed by atoms with E-state index in [4.69, 9.17) is 18.5 Å². The van der Waals surface area contributed by atoms with Crippen LogP contribution in [0.3, 0.4) is 0 Å². The minimum atomic E-state index is -4.29. The van der Waals surface area contributed by atoms with E-state index in [1.165, 1.54) is 109 Å². The van der Waals surface area contributed by atoms with Gasteiger partial charge in [0.1, 0.15) is 19.3 Å². The summed E-state index contributed by atoms with van der Waals surface area (Å²) in [6.07, 6.45) is 60.8. The summed E-state index contributed by atoms with van der Waals surface area (Å²) in [6, 6.07) is 0. The predicted molar refractivity (Wildman–Crippen MR) is 270 cm³/mol. The largest absolute Gasteiger partial charge is 0.472 e. The molecule has 2 unspecified atom stereocenters. The molecule has 0 rings (SSSR count). The number of carbonyl (C=O) groups excluding carboxylic acids is 1. The molecule has 0 amide bonds. The molecule has 2 atom stereocenters. The third-order valence-corrected chi connectivity index (χ3v) is 11.7. The van der Waals surface area contributed by atoms with Gasteiger partial charge in [0.2, 0.25) is 0 Å². The maximum Gasteiger partial charge on any atom is 0.472 e. The van der Waals surface area contributed by atoms with E-state index in [2.05, 4.69) is 86.8 Å². The van der Waals surface area contributed by atoms with E-state index in [-0.39, 0.29) is 25.8 Å². The fourth-order valence-electron chi connectivity index (χ4n) is 6.74. The van der Waals surface area contributed by atoms with E-state index in [0.717, 1.165) is 77.0 Å². The van der Waals surface area contributed by atoms with Crippen molar-refractivity contribution in [1.29, 1.82) is 0 Å². The summed E-state index contributed by atoms with van der Waals surface area (Å²) >= 11 is 0. The molecule has 366 valence electrons. The summed E-state index contributed by atoms with van der Waals surface area (Å²) in [5, 5.41) is 0. The number of hydrogen-bond acceptors (Lipinski definition) is 6. The van der Waals surface area contributed by atoms with Gasteiger partial charge in [-0.1, -0.05) is 183 Å². The first-order chi connectivity index (χ1) is 30.6. The Bertz CT molecular complexity index is 1230. The van der Waals surface area contributed by atoms with Gasteiger partial charge in [-0.25, -0.2) is 4.57 Å². The Morgan fingerprint density at radius 2 is 0.873 bits per heavy atom. The third kappa shape index (κ3) is 50.8. The Labute approximate surface area is 389 Å². The number of quaternary nitrogens is 1. The zero-order valence-electron chi connectivity index (χ0n) is 41.5. The van der Waals surface area contributed by atoms with Crippen molar-refractivity contribution in [1.82, 2.24) is 0 Å². The topological polar surface area (TPSA) is 91.3 Å². The molecule has 0 heterocycles. The molecule has 0 aliphatic heterocycles. The van der Waals surface area contributed by atoms with Gasteiger partial charge in [-0.2, -0.15) is 0 Å². The van der Waals surface area contributed by atoms with Crippen molar-refractivity contribution in [2.75, 3.05) is 54.1 Å². The van der Waals surface area contributed by atoms with Crippen LogP contribution in [0.25, 0.3) is 0 Å². The summed E-state index contributed by atoms with van der Waals surface area (Å²) in [5.74, 6) is -0.331. The van der Waals surface area contributed by atoms with Crippen LogP contribution in [0.2, 0.25) is 0 Å². The van der Waals surface area contributed by atoms with E-state index in [1.807, 2.05) is 21.1 Å². The van der Waals surface area contributed by atoms with Gasteiger partial charge in [0.15, 0.2) is 0 Å². The molecule has 0 saturated carbocycles. The Hall–Kier alpha value is -2.06. The molecule has 0 radical (unpaired) electrons. The number of unbranched alkanes of at least 4 members (excludes halogenated alkanes) is 21. The number of phosphoric acid groups is 1. The Balaban J connectivity index is 4.22. The number of phosphoric ester groups is 1. The van der Waals surface area contributed by atoms with Crippen LogP contribution in [-0.2, 0) is 27.9 Å². The van der Waals surface area contributed by atoms with Crippen LogP contribution in [0, 0.1) is 0 Å². The van der Waals surface area contributed by atoms with Crippen LogP contribution in [0.1, 0.15) is 206 Å². The number of ether oxygens (including phenoxy) is 2. The molecule has 0 fully saturated rings. The highest BCUT2D eigenvalue weighted by Gasteiger charge is 2.26. The Kier molecular flexibility index (Phi) is 44.9. The van der Waals surface area contributed by atoms with Crippen molar-refractivity contribution in [3.8, 4) is 0 Å². The molecule has 0 aromatic rings. The van der Waals surface area contributed by atoms with Gasteiger partial charge < -0.3 is 18.9 Å². The number of hydrogen-bond donors (Lipinski definition) is 1. The van der Waals surface area contributed by atoms with E-state index in [9.17, 15) is 14.3 Å². The van der Waals surface area contributed by atoms with Crippen LogP contribution < -0.4 is 0 Å². The van der Waals surface area contributed by atoms with Crippen molar-refractivity contribution in [3.05, 3.63) is 72.9 Å². The molecule has 0 aliphatic carbocycles. The van der Waals surface area contributed by atoms with E-state index < -0.39 is 13.9 Å². The molecular weight excluding hydrogens is 806 g/mol. The molecule has 0 bridgehead atoms. The molecule has 0 aromatic carbocycles. The van der Waals surface area contributed by atoms with Crippen LogP contribution in [0.15, 0.2) is 72.9 Å². The number of esters is 1. The van der Waals surface area contributed by atoms with Crippen LogP contribution >= 0.6 is 7.82 Å². The van der Waals surface area contributed by atoms with Gasteiger partial charge in [-0.3, -0.25) is 13.8 Å². The molecule has 0 saturated heterocycles. The van der Waals surface area contributed by atoms with Crippen LogP contribution in [-0.4, -0.2) is 75.6 Å². The van der Waals surface area contributed by atoms with E-state index in [0.29, 0.717) is 24.1 Å². The molecule has 8 nitrogen and oxygen atoms in total. The highest BCUT2D eigenvalue weighted by atomic mass is 31.2. The molecule has 0 aliphatic rings. The van der Waals surface area contributed by atoms with Gasteiger partial charge in [0.05, 0.1) is 34.4 Å². The predicted octanol–water partition coefficient (Wildman–Crippen LogP) is 15.8. The summed E-state index contributed by atoms with van der Waals surface area (Å²) in [6.45, 7) is 5.54. The second-order valence-electron chi connectivity index (χ2n) is 18.2. The van der Waals surface area contributed by atoms with Crippen molar-refractivity contribution < 1.29 is 37.3 Å². The summed E-state index contributed by atoms with van der Waals surface area (Å²) in [5.41, 5.74) is 0. The fraction of sp³-hybridized carbons (Fsp3) is 0.759. The van der Waals surface area contributed by atoms with Gasteiger partial charge >= 0.3 is 13.8 Å². The summed E-state index contributed by atoms with van der Waals surface area (Å²) < 4.78 is 35.1. The van der Waals surface area contributed by atoms with Crippen molar-refractivity contribution >= 4 is 13.8 Å². The monoisotopic (exact) mass is 905 g/mol. The van der Waals surface area contributed by atoms with Gasteiger partial charge in [0, 0.05) is 13.0 Å². The fourth-order valence-corrected chi connectivity index (χ4v) is 7.48. The van der Waals surface area contributed by atoms with Crippen LogP contribution in [0.4, 0.5) is 0 Å². The average molecular weight is 905 g/mol. The first kappa shape index (κ1) is 60.9. The zero-order chi connectivity index (χ0) is 46.2. The van der Waals surface area contributed by atoms with Crippen LogP contribution in [0.5, 0.6) is 0 Å². The minimum Gasteiger partial charge on any atom is -0.457 e. The minimum absolute atomic E-state index is 0.0802. The molecule has 1 N–H and O–H groups in total. The number of rotatable bonds is 47. The second-order valence-corrected chi connectivity index (χ2v) is 19.6. The van der Waals surface area contributed by atoms with Gasteiger partial charge in [0.25, 0.3) is 0 Å². The zero-order valence-corrected chi connectivity index (χ0v) is 42.4.